The molecule has 9 heteroatoms. The van der Waals surface area contributed by atoms with Crippen LogP contribution in [0.3, 0.4) is 0 Å². The summed E-state index contributed by atoms with van der Waals surface area (Å²) in [5.41, 5.74) is -0.0546. The third-order valence-corrected chi connectivity index (χ3v) is 6.69. The number of carbonyl (C=O) groups excluding carboxylic acids is 4. The molecule has 0 saturated heterocycles. The molecule has 1 aliphatic rings. The third kappa shape index (κ3) is 5.19. The second-order valence-electron chi connectivity index (χ2n) is 7.60. The lowest BCUT2D eigenvalue weighted by atomic mass is 9.74. The zero-order valence-electron chi connectivity index (χ0n) is 17.8. The van der Waals surface area contributed by atoms with Gasteiger partial charge in [-0.25, -0.2) is 0 Å². The summed E-state index contributed by atoms with van der Waals surface area (Å²) in [4.78, 5) is 51.3. The Balaban J connectivity index is 1.59. The predicted molar refractivity (Wildman–Crippen MR) is 122 cm³/mol. The standard InChI is InChI=1S/C23H25ClN2O5S/c1-26(23(11-5-4-8-19(23)27)17-6-2-3-7-18(17)24)20(28)14-31-21(29)9-12-25-22(30)16-10-13-32-15-16/h2-3,6-7,10,13,15H,4-5,8-9,11-12,14H2,1H3,(H,25,30). The molecule has 32 heavy (non-hydrogen) atoms. The van der Waals surface area contributed by atoms with E-state index in [9.17, 15) is 19.2 Å². The SMILES string of the molecule is CN(C(=O)COC(=O)CCNC(=O)c1ccsc1)C1(c2ccccc2Cl)CCCCC1=O. The quantitative estimate of drug-likeness (QED) is 0.588. The minimum atomic E-state index is -1.17. The third-order valence-electron chi connectivity index (χ3n) is 5.67. The molecule has 2 aromatic rings. The molecule has 3 rings (SSSR count). The van der Waals surface area contributed by atoms with Crippen LogP contribution in [-0.4, -0.2) is 48.7 Å². The van der Waals surface area contributed by atoms with E-state index in [-0.39, 0.29) is 24.7 Å². The Hall–Kier alpha value is -2.71. The van der Waals surface area contributed by atoms with E-state index in [0.717, 1.165) is 12.8 Å². The van der Waals surface area contributed by atoms with Crippen molar-refractivity contribution in [2.45, 2.75) is 37.6 Å². The van der Waals surface area contributed by atoms with Gasteiger partial charge in [-0.2, -0.15) is 11.3 Å². The topological polar surface area (TPSA) is 92.8 Å². The summed E-state index contributed by atoms with van der Waals surface area (Å²) in [6, 6.07) is 8.70. The summed E-state index contributed by atoms with van der Waals surface area (Å²) < 4.78 is 5.11. The maximum Gasteiger partial charge on any atom is 0.308 e. The number of nitrogens with zero attached hydrogens (tertiary/aromatic N) is 1. The van der Waals surface area contributed by atoms with Crippen LogP contribution in [0.15, 0.2) is 41.1 Å². The molecule has 1 unspecified atom stereocenters. The van der Waals surface area contributed by atoms with Crippen molar-refractivity contribution in [3.63, 3.8) is 0 Å². The van der Waals surface area contributed by atoms with Gasteiger partial charge in [0, 0.05) is 41.5 Å². The molecule has 0 radical (unpaired) electrons. The van der Waals surface area contributed by atoms with E-state index in [1.54, 1.807) is 48.1 Å². The van der Waals surface area contributed by atoms with Crippen LogP contribution in [0.2, 0.25) is 5.02 Å². The van der Waals surface area contributed by atoms with Crippen LogP contribution in [0.1, 0.15) is 48.0 Å². The first-order valence-electron chi connectivity index (χ1n) is 10.4. The van der Waals surface area contributed by atoms with E-state index in [0.29, 0.717) is 29.0 Å². The van der Waals surface area contributed by atoms with Gasteiger partial charge < -0.3 is 15.0 Å². The van der Waals surface area contributed by atoms with Crippen molar-refractivity contribution in [2.24, 2.45) is 0 Å². The number of thiophene rings is 1. The number of carbonyl (C=O) groups is 4. The Labute approximate surface area is 195 Å². The maximum atomic E-state index is 13.1. The highest BCUT2D eigenvalue weighted by Gasteiger charge is 2.47. The number of likely N-dealkylation sites (N-methyl/N-ethyl adjacent to an activating group) is 1. The largest absolute Gasteiger partial charge is 0.456 e. The fourth-order valence-corrected chi connectivity index (χ4v) is 4.86. The minimum absolute atomic E-state index is 0.0680. The van der Waals surface area contributed by atoms with Gasteiger partial charge in [-0.3, -0.25) is 19.2 Å². The van der Waals surface area contributed by atoms with Gasteiger partial charge in [0.15, 0.2) is 12.4 Å². The van der Waals surface area contributed by atoms with Gasteiger partial charge in [0.25, 0.3) is 11.8 Å². The number of ether oxygens (including phenoxy) is 1. The molecule has 1 aromatic heterocycles. The van der Waals surface area contributed by atoms with E-state index in [2.05, 4.69) is 5.32 Å². The molecule has 1 heterocycles. The summed E-state index contributed by atoms with van der Waals surface area (Å²) in [7, 11) is 1.55. The second kappa shape index (κ2) is 10.7. The number of benzene rings is 1. The maximum absolute atomic E-state index is 13.1. The smallest absolute Gasteiger partial charge is 0.308 e. The summed E-state index contributed by atoms with van der Waals surface area (Å²) >= 11 is 7.80. The number of hydrogen-bond donors (Lipinski definition) is 1. The van der Waals surface area contributed by atoms with E-state index < -0.39 is 24.0 Å². The van der Waals surface area contributed by atoms with Crippen LogP contribution >= 0.6 is 22.9 Å². The molecular weight excluding hydrogens is 452 g/mol. The van der Waals surface area contributed by atoms with Gasteiger partial charge in [0.2, 0.25) is 0 Å². The minimum Gasteiger partial charge on any atom is -0.456 e. The summed E-state index contributed by atoms with van der Waals surface area (Å²) in [5, 5.41) is 6.55. The zero-order chi connectivity index (χ0) is 23.1. The van der Waals surface area contributed by atoms with Crippen molar-refractivity contribution >= 4 is 46.5 Å². The molecule has 1 fully saturated rings. The fourth-order valence-electron chi connectivity index (χ4n) is 3.93. The van der Waals surface area contributed by atoms with Crippen LogP contribution in [0.25, 0.3) is 0 Å². The monoisotopic (exact) mass is 476 g/mol. The van der Waals surface area contributed by atoms with E-state index in [1.807, 2.05) is 0 Å². The second-order valence-corrected chi connectivity index (χ2v) is 8.79. The average Bonchev–Trinajstić information content (AvgIpc) is 3.33. The molecule has 2 amide bonds. The van der Waals surface area contributed by atoms with Gasteiger partial charge in [-0.05, 0) is 36.8 Å². The summed E-state index contributed by atoms with van der Waals surface area (Å²) in [5.74, 6) is -1.45. The van der Waals surface area contributed by atoms with E-state index in [1.165, 1.54) is 16.2 Å². The first-order valence-corrected chi connectivity index (χ1v) is 11.7. The molecule has 1 saturated carbocycles. The van der Waals surface area contributed by atoms with E-state index >= 15 is 0 Å². The summed E-state index contributed by atoms with van der Waals surface area (Å²) in [6.45, 7) is -0.396. The normalized spacial score (nSPS) is 18.1. The lowest BCUT2D eigenvalue weighted by molar-refractivity contribution is -0.157. The van der Waals surface area contributed by atoms with Crippen molar-refractivity contribution in [3.05, 3.63) is 57.2 Å². The molecule has 1 aromatic carbocycles. The lowest BCUT2D eigenvalue weighted by Crippen LogP contribution is -2.55. The first-order chi connectivity index (χ1) is 15.4. The van der Waals surface area contributed by atoms with Gasteiger partial charge in [-0.15, -0.1) is 0 Å². The Bertz CT molecular complexity index is 994. The highest BCUT2D eigenvalue weighted by atomic mass is 35.5. The molecule has 170 valence electrons. The number of halogens is 1. The van der Waals surface area contributed by atoms with E-state index in [4.69, 9.17) is 16.3 Å². The van der Waals surface area contributed by atoms with Crippen molar-refractivity contribution in [2.75, 3.05) is 20.2 Å². The number of esters is 1. The highest BCUT2D eigenvalue weighted by Crippen LogP contribution is 2.42. The van der Waals surface area contributed by atoms with Gasteiger partial charge in [-0.1, -0.05) is 29.8 Å². The van der Waals surface area contributed by atoms with Crippen LogP contribution in [-0.2, 0) is 24.7 Å². The lowest BCUT2D eigenvalue weighted by Gasteiger charge is -2.43. The van der Waals surface area contributed by atoms with Crippen LogP contribution in [0, 0.1) is 0 Å². The number of rotatable bonds is 8. The summed E-state index contributed by atoms with van der Waals surface area (Å²) in [6.07, 6.45) is 2.28. The average molecular weight is 477 g/mol. The number of ketones is 1. The van der Waals surface area contributed by atoms with Crippen LogP contribution < -0.4 is 5.32 Å². The molecule has 1 aliphatic carbocycles. The molecule has 1 N–H and O–H groups in total. The fraction of sp³-hybridized carbons (Fsp3) is 0.391. The zero-order valence-corrected chi connectivity index (χ0v) is 19.3. The number of Topliss-reactive ketones (excluding diaryl/α,β-unsaturated/α-hetero) is 1. The Morgan fingerprint density at radius 3 is 2.69 bits per heavy atom. The van der Waals surface area contributed by atoms with Crippen LogP contribution in [0.5, 0.6) is 0 Å². The highest BCUT2D eigenvalue weighted by molar-refractivity contribution is 7.08. The Kier molecular flexibility index (Phi) is 8.04. The molecule has 0 bridgehead atoms. The molecule has 0 spiro atoms. The Morgan fingerprint density at radius 1 is 1.22 bits per heavy atom. The molecule has 7 nitrogen and oxygen atoms in total. The van der Waals surface area contributed by atoms with Crippen molar-refractivity contribution in [3.8, 4) is 0 Å². The number of hydrogen-bond acceptors (Lipinski definition) is 6. The van der Waals surface area contributed by atoms with Gasteiger partial charge in [0.1, 0.15) is 5.54 Å². The predicted octanol–water partition coefficient (Wildman–Crippen LogP) is 3.56. The Morgan fingerprint density at radius 2 is 2.00 bits per heavy atom. The first kappa shape index (κ1) is 23.9. The van der Waals surface area contributed by atoms with Gasteiger partial charge >= 0.3 is 5.97 Å². The van der Waals surface area contributed by atoms with Crippen molar-refractivity contribution in [1.29, 1.82) is 0 Å². The molecule has 0 aliphatic heterocycles. The molecule has 1 atom stereocenters. The number of nitrogens with one attached hydrogen (secondary N) is 1. The number of amides is 2. The van der Waals surface area contributed by atoms with Crippen molar-refractivity contribution < 1.29 is 23.9 Å². The van der Waals surface area contributed by atoms with Gasteiger partial charge in [0.05, 0.1) is 6.42 Å². The molecular formula is C23H25ClN2O5S. The van der Waals surface area contributed by atoms with Crippen molar-refractivity contribution in [1.82, 2.24) is 10.2 Å². The van der Waals surface area contributed by atoms with Crippen LogP contribution in [0.4, 0.5) is 0 Å².